The molecule has 3 rings (SSSR count). The average Bonchev–Trinajstić information content (AvgIpc) is 2.66. The molecule has 0 saturated carbocycles. The van der Waals surface area contributed by atoms with E-state index < -0.39 is 0 Å². The van der Waals surface area contributed by atoms with Gasteiger partial charge in [-0.1, -0.05) is 12.1 Å². The molecule has 0 aliphatic heterocycles. The van der Waals surface area contributed by atoms with E-state index >= 15 is 0 Å². The fourth-order valence-electron chi connectivity index (χ4n) is 2.13. The summed E-state index contributed by atoms with van der Waals surface area (Å²) in [7, 11) is 0. The molecule has 0 amide bonds. The second-order valence-electron chi connectivity index (χ2n) is 3.99. The first kappa shape index (κ1) is 9.67. The number of nitrogens with one attached hydrogen (secondary N) is 1. The van der Waals surface area contributed by atoms with Crippen LogP contribution in [0.3, 0.4) is 0 Å². The quantitative estimate of drug-likeness (QED) is 0.633. The fourth-order valence-corrected chi connectivity index (χ4v) is 2.13. The number of benzene rings is 1. The van der Waals surface area contributed by atoms with E-state index in [2.05, 4.69) is 11.1 Å². The van der Waals surface area contributed by atoms with Crippen LogP contribution in [0.2, 0.25) is 0 Å². The molecule has 4 heteroatoms. The summed E-state index contributed by atoms with van der Waals surface area (Å²) in [4.78, 5) is 14.6. The third kappa shape index (κ3) is 1.20. The smallest absolute Gasteiger partial charge is 0.258 e. The molecule has 82 valence electrons. The second-order valence-corrected chi connectivity index (χ2v) is 3.99. The first-order valence-electron chi connectivity index (χ1n) is 5.25. The third-order valence-corrected chi connectivity index (χ3v) is 2.95. The monoisotopic (exact) mass is 223 g/mol. The van der Waals surface area contributed by atoms with Crippen LogP contribution in [0.15, 0.2) is 35.3 Å². The molecule has 0 radical (unpaired) electrons. The van der Waals surface area contributed by atoms with Crippen molar-refractivity contribution in [2.75, 3.05) is 0 Å². The van der Waals surface area contributed by atoms with Crippen LogP contribution >= 0.6 is 0 Å². The van der Waals surface area contributed by atoms with Gasteiger partial charge in [-0.25, -0.2) is 0 Å². The summed E-state index contributed by atoms with van der Waals surface area (Å²) in [5.74, 6) is 0. The van der Waals surface area contributed by atoms with Crippen molar-refractivity contribution in [2.45, 2.75) is 6.92 Å². The molecule has 1 aromatic carbocycles. The van der Waals surface area contributed by atoms with Crippen LogP contribution in [0.25, 0.3) is 16.6 Å². The van der Waals surface area contributed by atoms with Crippen molar-refractivity contribution in [1.29, 1.82) is 5.26 Å². The van der Waals surface area contributed by atoms with Gasteiger partial charge >= 0.3 is 0 Å². The number of nitrogens with zero attached hydrogens (tertiary/aromatic N) is 2. The SMILES string of the molecule is Cc1cn2c([nH]c(=O)c3ccccc32)c1C#N. The molecule has 0 spiro atoms. The molecular formula is C13H9N3O. The first-order chi connectivity index (χ1) is 8.22. The minimum Gasteiger partial charge on any atom is -0.306 e. The summed E-state index contributed by atoms with van der Waals surface area (Å²) in [6.07, 6.45) is 1.87. The molecule has 4 nitrogen and oxygen atoms in total. The van der Waals surface area contributed by atoms with Gasteiger partial charge in [0.25, 0.3) is 5.56 Å². The lowest BCUT2D eigenvalue weighted by molar-refractivity contribution is 1.16. The van der Waals surface area contributed by atoms with Gasteiger partial charge in [-0.2, -0.15) is 5.26 Å². The molecular weight excluding hydrogens is 214 g/mol. The van der Waals surface area contributed by atoms with E-state index in [-0.39, 0.29) is 5.56 Å². The van der Waals surface area contributed by atoms with Crippen molar-refractivity contribution in [2.24, 2.45) is 0 Å². The van der Waals surface area contributed by atoms with Crippen LogP contribution in [0.4, 0.5) is 0 Å². The molecule has 0 fully saturated rings. The maximum atomic E-state index is 11.9. The van der Waals surface area contributed by atoms with Gasteiger partial charge < -0.3 is 9.38 Å². The van der Waals surface area contributed by atoms with Crippen LogP contribution in [0.5, 0.6) is 0 Å². The Morgan fingerprint density at radius 1 is 1.35 bits per heavy atom. The summed E-state index contributed by atoms with van der Waals surface area (Å²) in [6, 6.07) is 9.47. The molecule has 0 bridgehead atoms. The van der Waals surface area contributed by atoms with Crippen molar-refractivity contribution >= 4 is 16.6 Å². The number of aryl methyl sites for hydroxylation is 1. The maximum absolute atomic E-state index is 11.9. The molecule has 2 heterocycles. The number of hydrogen-bond donors (Lipinski definition) is 1. The molecule has 2 aromatic heterocycles. The highest BCUT2D eigenvalue weighted by Gasteiger charge is 2.11. The average molecular weight is 223 g/mol. The van der Waals surface area contributed by atoms with E-state index in [0.29, 0.717) is 16.6 Å². The van der Waals surface area contributed by atoms with Crippen molar-refractivity contribution in [3.63, 3.8) is 0 Å². The molecule has 0 aliphatic rings. The summed E-state index contributed by atoms with van der Waals surface area (Å²) in [6.45, 7) is 1.86. The minimum atomic E-state index is -0.164. The second kappa shape index (κ2) is 3.22. The number of aromatic nitrogens is 2. The highest BCUT2D eigenvalue weighted by atomic mass is 16.1. The Bertz CT molecular complexity index is 833. The van der Waals surface area contributed by atoms with Gasteiger partial charge in [0.15, 0.2) is 0 Å². The van der Waals surface area contributed by atoms with Gasteiger partial charge in [0, 0.05) is 6.20 Å². The molecule has 1 N–H and O–H groups in total. The Balaban J connectivity index is 2.68. The molecule has 0 saturated heterocycles. The number of aromatic amines is 1. The van der Waals surface area contributed by atoms with Gasteiger partial charge in [-0.05, 0) is 24.6 Å². The van der Waals surface area contributed by atoms with Crippen molar-refractivity contribution in [1.82, 2.24) is 9.38 Å². The fraction of sp³-hybridized carbons (Fsp3) is 0.0769. The van der Waals surface area contributed by atoms with E-state index in [1.54, 1.807) is 6.07 Å². The molecule has 0 atom stereocenters. The van der Waals surface area contributed by atoms with Gasteiger partial charge in [0.2, 0.25) is 0 Å². The Morgan fingerprint density at radius 2 is 2.12 bits per heavy atom. The van der Waals surface area contributed by atoms with Crippen molar-refractivity contribution in [3.05, 3.63) is 51.9 Å². The Morgan fingerprint density at radius 3 is 2.88 bits per heavy atom. The number of fused-ring (bicyclic) bond motifs is 3. The van der Waals surface area contributed by atoms with E-state index in [1.807, 2.05) is 35.7 Å². The zero-order valence-electron chi connectivity index (χ0n) is 9.19. The van der Waals surface area contributed by atoms with Crippen LogP contribution in [-0.2, 0) is 0 Å². The van der Waals surface area contributed by atoms with Crippen molar-refractivity contribution < 1.29 is 0 Å². The van der Waals surface area contributed by atoms with E-state index in [1.165, 1.54) is 0 Å². The molecule has 3 aromatic rings. The standard InChI is InChI=1S/C13H9N3O/c1-8-7-16-11-5-3-2-4-9(11)13(17)15-12(16)10(8)6-14/h2-5,7H,1H3,(H,15,17). The lowest BCUT2D eigenvalue weighted by Crippen LogP contribution is -2.09. The number of para-hydroxylation sites is 1. The van der Waals surface area contributed by atoms with Crippen LogP contribution in [0.1, 0.15) is 11.1 Å². The lowest BCUT2D eigenvalue weighted by Gasteiger charge is -2.01. The lowest BCUT2D eigenvalue weighted by atomic mass is 10.2. The van der Waals surface area contributed by atoms with E-state index in [0.717, 1.165) is 11.1 Å². The Kier molecular flexibility index (Phi) is 1.83. The van der Waals surface area contributed by atoms with Gasteiger partial charge in [0.1, 0.15) is 11.7 Å². The zero-order chi connectivity index (χ0) is 12.0. The summed E-state index contributed by atoms with van der Waals surface area (Å²) < 4.78 is 1.85. The van der Waals surface area contributed by atoms with Crippen LogP contribution in [-0.4, -0.2) is 9.38 Å². The topological polar surface area (TPSA) is 61.1 Å². The van der Waals surface area contributed by atoms with Gasteiger partial charge in [-0.3, -0.25) is 4.79 Å². The molecule has 0 unspecified atom stereocenters. The zero-order valence-corrected chi connectivity index (χ0v) is 9.19. The predicted octanol–water partition coefficient (Wildman–Crippen LogP) is 1.96. The first-order valence-corrected chi connectivity index (χ1v) is 5.25. The van der Waals surface area contributed by atoms with Crippen molar-refractivity contribution in [3.8, 4) is 6.07 Å². The molecule has 17 heavy (non-hydrogen) atoms. The highest BCUT2D eigenvalue weighted by molar-refractivity contribution is 5.82. The highest BCUT2D eigenvalue weighted by Crippen LogP contribution is 2.18. The Hall–Kier alpha value is -2.54. The summed E-state index contributed by atoms with van der Waals surface area (Å²) in [5.41, 5.74) is 2.60. The van der Waals surface area contributed by atoms with E-state index in [4.69, 9.17) is 5.26 Å². The third-order valence-electron chi connectivity index (χ3n) is 2.95. The van der Waals surface area contributed by atoms with Gasteiger partial charge in [-0.15, -0.1) is 0 Å². The minimum absolute atomic E-state index is 0.164. The molecule has 0 aliphatic carbocycles. The van der Waals surface area contributed by atoms with Gasteiger partial charge in [0.05, 0.1) is 16.5 Å². The van der Waals surface area contributed by atoms with E-state index in [9.17, 15) is 4.79 Å². The Labute approximate surface area is 96.7 Å². The normalized spacial score (nSPS) is 10.8. The van der Waals surface area contributed by atoms with Crippen LogP contribution < -0.4 is 5.56 Å². The number of H-pyrrole nitrogens is 1. The number of hydrogen-bond acceptors (Lipinski definition) is 2. The summed E-state index contributed by atoms with van der Waals surface area (Å²) >= 11 is 0. The number of rotatable bonds is 0. The maximum Gasteiger partial charge on any atom is 0.258 e. The van der Waals surface area contributed by atoms with Crippen LogP contribution in [0, 0.1) is 18.3 Å². The summed E-state index contributed by atoms with van der Waals surface area (Å²) in [5, 5.41) is 9.71. The largest absolute Gasteiger partial charge is 0.306 e. The number of nitriles is 1. The predicted molar refractivity (Wildman–Crippen MR) is 65.0 cm³/mol.